The number of amides is 1. The highest BCUT2D eigenvalue weighted by Gasteiger charge is 2.26. The van der Waals surface area contributed by atoms with E-state index in [9.17, 15) is 9.59 Å². The number of para-hydroxylation sites is 1. The Labute approximate surface area is 129 Å². The van der Waals surface area contributed by atoms with Crippen molar-refractivity contribution in [3.63, 3.8) is 0 Å². The van der Waals surface area contributed by atoms with Crippen molar-refractivity contribution in [2.24, 2.45) is 0 Å². The zero-order valence-corrected chi connectivity index (χ0v) is 12.5. The monoisotopic (exact) mass is 294 g/mol. The number of carbonyl (C=O) groups excluding carboxylic acids is 2. The molecule has 0 atom stereocenters. The maximum atomic E-state index is 12.9. The summed E-state index contributed by atoms with van der Waals surface area (Å²) in [5.41, 5.74) is 9.19. The summed E-state index contributed by atoms with van der Waals surface area (Å²) >= 11 is 0. The van der Waals surface area contributed by atoms with Crippen LogP contribution in [-0.2, 0) is 0 Å². The Balaban J connectivity index is 2.05. The summed E-state index contributed by atoms with van der Waals surface area (Å²) in [6, 6.07) is 12.6. The van der Waals surface area contributed by atoms with E-state index in [1.165, 1.54) is 0 Å². The Morgan fingerprint density at radius 3 is 2.73 bits per heavy atom. The first-order valence-electron chi connectivity index (χ1n) is 7.38. The van der Waals surface area contributed by atoms with Gasteiger partial charge in [-0.25, -0.2) is 0 Å². The number of anilines is 2. The second-order valence-electron chi connectivity index (χ2n) is 5.58. The zero-order chi connectivity index (χ0) is 15.7. The highest BCUT2D eigenvalue weighted by molar-refractivity contribution is 6.12. The van der Waals surface area contributed by atoms with E-state index < -0.39 is 0 Å². The molecule has 1 aliphatic rings. The van der Waals surface area contributed by atoms with Crippen LogP contribution in [0.5, 0.6) is 0 Å². The number of aryl methyl sites for hydroxylation is 1. The van der Waals surface area contributed by atoms with Gasteiger partial charge in [-0.15, -0.1) is 0 Å². The molecule has 0 aliphatic carbocycles. The van der Waals surface area contributed by atoms with Gasteiger partial charge < -0.3 is 10.6 Å². The average Bonchev–Trinajstić information content (AvgIpc) is 2.66. The Morgan fingerprint density at radius 2 is 1.95 bits per heavy atom. The van der Waals surface area contributed by atoms with Gasteiger partial charge in [-0.1, -0.05) is 12.1 Å². The average molecular weight is 294 g/mol. The SMILES string of the molecule is Cc1cc(N)ccc1C(=O)N1CCCC(=O)c2ccccc21. The van der Waals surface area contributed by atoms with Gasteiger partial charge in [0.2, 0.25) is 0 Å². The van der Waals surface area contributed by atoms with Gasteiger partial charge in [0.05, 0.1) is 5.69 Å². The van der Waals surface area contributed by atoms with Gasteiger partial charge in [0.15, 0.2) is 5.78 Å². The second kappa shape index (κ2) is 5.64. The van der Waals surface area contributed by atoms with E-state index in [1.807, 2.05) is 25.1 Å². The molecule has 0 unspecified atom stereocenters. The van der Waals surface area contributed by atoms with Crippen molar-refractivity contribution < 1.29 is 9.59 Å². The Hall–Kier alpha value is -2.62. The predicted molar refractivity (Wildman–Crippen MR) is 87.3 cm³/mol. The van der Waals surface area contributed by atoms with Crippen LogP contribution in [0.25, 0.3) is 0 Å². The lowest BCUT2D eigenvalue weighted by atomic mass is 10.0. The molecule has 0 saturated heterocycles. The number of fused-ring (bicyclic) bond motifs is 1. The summed E-state index contributed by atoms with van der Waals surface area (Å²) in [5.74, 6) is 0.0135. The number of nitrogens with two attached hydrogens (primary N) is 1. The number of nitrogens with zero attached hydrogens (tertiary/aromatic N) is 1. The first-order valence-corrected chi connectivity index (χ1v) is 7.38. The van der Waals surface area contributed by atoms with Crippen molar-refractivity contribution in [3.8, 4) is 0 Å². The smallest absolute Gasteiger partial charge is 0.258 e. The minimum absolute atomic E-state index is 0.0837. The predicted octanol–water partition coefficient (Wildman–Crippen LogP) is 3.20. The molecule has 1 amide bonds. The Bertz CT molecular complexity index is 753. The molecule has 0 fully saturated rings. The molecule has 3 rings (SSSR count). The number of rotatable bonds is 1. The third-order valence-electron chi connectivity index (χ3n) is 4.01. The molecule has 1 heterocycles. The van der Waals surface area contributed by atoms with Crippen LogP contribution in [0.15, 0.2) is 42.5 Å². The summed E-state index contributed by atoms with van der Waals surface area (Å²) in [5, 5.41) is 0. The largest absolute Gasteiger partial charge is 0.399 e. The van der Waals surface area contributed by atoms with E-state index in [0.29, 0.717) is 41.9 Å². The minimum atomic E-state index is -0.0837. The van der Waals surface area contributed by atoms with E-state index >= 15 is 0 Å². The summed E-state index contributed by atoms with van der Waals surface area (Å²) in [6.07, 6.45) is 1.15. The van der Waals surface area contributed by atoms with E-state index in [2.05, 4.69) is 0 Å². The van der Waals surface area contributed by atoms with Crippen LogP contribution >= 0.6 is 0 Å². The quantitative estimate of drug-likeness (QED) is 0.821. The summed E-state index contributed by atoms with van der Waals surface area (Å²) < 4.78 is 0. The molecule has 0 radical (unpaired) electrons. The molecular weight excluding hydrogens is 276 g/mol. The topological polar surface area (TPSA) is 63.4 Å². The van der Waals surface area contributed by atoms with Crippen molar-refractivity contribution in [2.75, 3.05) is 17.2 Å². The number of hydrogen-bond donors (Lipinski definition) is 1. The molecule has 1 aliphatic heterocycles. The first-order chi connectivity index (χ1) is 10.6. The van der Waals surface area contributed by atoms with Crippen LogP contribution in [0.4, 0.5) is 11.4 Å². The van der Waals surface area contributed by atoms with Crippen molar-refractivity contribution in [3.05, 3.63) is 59.2 Å². The fraction of sp³-hybridized carbons (Fsp3) is 0.222. The second-order valence-corrected chi connectivity index (χ2v) is 5.58. The fourth-order valence-electron chi connectivity index (χ4n) is 2.88. The van der Waals surface area contributed by atoms with Gasteiger partial charge >= 0.3 is 0 Å². The zero-order valence-electron chi connectivity index (χ0n) is 12.5. The van der Waals surface area contributed by atoms with E-state index in [1.54, 1.807) is 29.2 Å². The number of hydrogen-bond acceptors (Lipinski definition) is 3. The molecule has 0 spiro atoms. The molecule has 0 aromatic heterocycles. The molecule has 22 heavy (non-hydrogen) atoms. The van der Waals surface area contributed by atoms with Gasteiger partial charge in [0.25, 0.3) is 5.91 Å². The lowest BCUT2D eigenvalue weighted by molar-refractivity contribution is 0.0973. The molecule has 2 aromatic carbocycles. The normalized spacial score (nSPS) is 14.4. The molecule has 4 heteroatoms. The Morgan fingerprint density at radius 1 is 1.18 bits per heavy atom. The van der Waals surface area contributed by atoms with Gasteiger partial charge in [0.1, 0.15) is 0 Å². The molecule has 0 bridgehead atoms. The third-order valence-corrected chi connectivity index (χ3v) is 4.01. The maximum absolute atomic E-state index is 12.9. The van der Waals surface area contributed by atoms with Crippen LogP contribution in [0.2, 0.25) is 0 Å². The molecule has 2 N–H and O–H groups in total. The van der Waals surface area contributed by atoms with Crippen LogP contribution in [0.3, 0.4) is 0 Å². The Kier molecular flexibility index (Phi) is 3.67. The van der Waals surface area contributed by atoms with Crippen molar-refractivity contribution in [1.82, 2.24) is 0 Å². The molecule has 2 aromatic rings. The number of benzene rings is 2. The van der Waals surface area contributed by atoms with Gasteiger partial charge in [-0.05, 0) is 49.2 Å². The van der Waals surface area contributed by atoms with E-state index in [4.69, 9.17) is 5.73 Å². The van der Waals surface area contributed by atoms with Gasteiger partial charge in [-0.3, -0.25) is 9.59 Å². The maximum Gasteiger partial charge on any atom is 0.258 e. The summed E-state index contributed by atoms with van der Waals surface area (Å²) in [6.45, 7) is 2.42. The van der Waals surface area contributed by atoms with Crippen LogP contribution in [0, 0.1) is 6.92 Å². The number of carbonyl (C=O) groups is 2. The van der Waals surface area contributed by atoms with Crippen LogP contribution in [-0.4, -0.2) is 18.2 Å². The summed E-state index contributed by atoms with van der Waals surface area (Å²) in [7, 11) is 0. The van der Waals surface area contributed by atoms with Gasteiger partial charge in [0, 0.05) is 29.8 Å². The lowest BCUT2D eigenvalue weighted by Crippen LogP contribution is -2.32. The highest BCUT2D eigenvalue weighted by atomic mass is 16.2. The van der Waals surface area contributed by atoms with E-state index in [-0.39, 0.29) is 11.7 Å². The summed E-state index contributed by atoms with van der Waals surface area (Å²) in [4.78, 5) is 26.8. The van der Waals surface area contributed by atoms with Crippen molar-refractivity contribution in [1.29, 1.82) is 0 Å². The van der Waals surface area contributed by atoms with E-state index in [0.717, 1.165) is 5.56 Å². The molecule has 0 saturated carbocycles. The van der Waals surface area contributed by atoms with Crippen LogP contribution in [0.1, 0.15) is 39.1 Å². The standard InChI is InChI=1S/C18H18N2O2/c1-12-11-13(19)8-9-14(12)18(22)20-10-4-7-17(21)15-5-2-3-6-16(15)20/h2-3,5-6,8-9,11H,4,7,10,19H2,1H3. The number of ketones is 1. The lowest BCUT2D eigenvalue weighted by Gasteiger charge is -2.23. The number of nitrogen functional groups attached to an aromatic ring is 1. The van der Waals surface area contributed by atoms with Crippen molar-refractivity contribution >= 4 is 23.1 Å². The van der Waals surface area contributed by atoms with Gasteiger partial charge in [-0.2, -0.15) is 0 Å². The third kappa shape index (κ3) is 2.48. The first kappa shape index (κ1) is 14.3. The van der Waals surface area contributed by atoms with Crippen LogP contribution < -0.4 is 10.6 Å². The van der Waals surface area contributed by atoms with Crippen molar-refractivity contribution in [2.45, 2.75) is 19.8 Å². The fourth-order valence-corrected chi connectivity index (χ4v) is 2.88. The molecule has 112 valence electrons. The molecule has 4 nitrogen and oxygen atoms in total. The number of Topliss-reactive ketones (excluding diaryl/α,β-unsaturated/α-hetero) is 1. The minimum Gasteiger partial charge on any atom is -0.399 e. The molecular formula is C18H18N2O2. The highest BCUT2D eigenvalue weighted by Crippen LogP contribution is 2.28.